The third-order valence-electron chi connectivity index (χ3n) is 3.15. The lowest BCUT2D eigenvalue weighted by molar-refractivity contribution is -0.123. The monoisotopic (exact) mass is 398 g/mol. The number of ketones is 1. The van der Waals surface area contributed by atoms with Crippen LogP contribution in [0.1, 0.15) is 38.5 Å². The summed E-state index contributed by atoms with van der Waals surface area (Å²) < 4.78 is 105. The average molecular weight is 398 g/mol. The van der Waals surface area contributed by atoms with E-state index >= 15 is 0 Å². The van der Waals surface area contributed by atoms with Crippen LogP contribution in [-0.2, 0) is 29.5 Å². The summed E-state index contributed by atoms with van der Waals surface area (Å²) in [6.45, 7) is 0. The van der Waals surface area contributed by atoms with Gasteiger partial charge in [-0.2, -0.15) is 8.42 Å². The SMILES string of the molecule is [2H]OC(=O)c1ccc([C@]2([2H])OC(N)=C(OS(=O)(=O)C([2H])([2H])c3c([2H])c([2H])c([2H])c([2H])c3[2H])C2=O)cc1. The first-order chi connectivity index (χ1) is 16.5. The Morgan fingerprint density at radius 1 is 1.33 bits per heavy atom. The van der Waals surface area contributed by atoms with Gasteiger partial charge in [0.25, 0.3) is 1.43 Å². The van der Waals surface area contributed by atoms with E-state index in [2.05, 4.69) is 9.29 Å². The van der Waals surface area contributed by atoms with E-state index in [-0.39, 0.29) is 11.1 Å². The minimum atomic E-state index is -5.65. The fourth-order valence-corrected chi connectivity index (χ4v) is 2.77. The molecule has 9 heteroatoms. The Bertz CT molecular complexity index is 1400. The molecule has 1 heterocycles. The van der Waals surface area contributed by atoms with Gasteiger partial charge in [0.2, 0.25) is 17.4 Å². The maximum atomic E-state index is 12.9. The maximum absolute atomic E-state index is 12.9. The number of carbonyl (C=O) groups is 2. The fourth-order valence-electron chi connectivity index (χ4n) is 2.00. The van der Waals surface area contributed by atoms with Gasteiger partial charge in [-0.25, -0.2) is 4.79 Å². The average Bonchev–Trinajstić information content (AvgIpc) is 3.04. The topological polar surface area (TPSA) is 133 Å². The largest absolute Gasteiger partial charge is 0.478 e. The Balaban J connectivity index is 2.00. The van der Waals surface area contributed by atoms with Crippen LogP contribution in [0.3, 0.4) is 0 Å². The first kappa shape index (κ1) is 10.1. The van der Waals surface area contributed by atoms with Gasteiger partial charge < -0.3 is 19.8 Å². The molecule has 0 aromatic heterocycles. The maximum Gasteiger partial charge on any atom is 0.335 e. The van der Waals surface area contributed by atoms with Gasteiger partial charge in [-0.15, -0.1) is 0 Å². The second kappa shape index (κ2) is 7.12. The van der Waals surface area contributed by atoms with Gasteiger partial charge in [0.15, 0.2) is 6.08 Å². The summed E-state index contributed by atoms with van der Waals surface area (Å²) in [4.78, 5) is 24.3. The zero-order valence-corrected chi connectivity index (χ0v) is 14.0. The van der Waals surface area contributed by atoms with Crippen LogP contribution in [0, 0.1) is 0 Å². The molecule has 1 aliphatic heterocycles. The van der Waals surface area contributed by atoms with Gasteiger partial charge in [0.05, 0.1) is 16.5 Å². The molecule has 0 spiro atoms. The number of hydrogen-bond donors (Lipinski definition) is 2. The Kier molecular flexibility index (Phi) is 2.67. The van der Waals surface area contributed by atoms with Crippen molar-refractivity contribution in [3.05, 3.63) is 82.8 Å². The first-order valence-electron chi connectivity index (χ1n) is 11.4. The lowest BCUT2D eigenvalue weighted by atomic mass is 10.0. The number of carbonyl (C=O) groups excluding carboxylic acids is 1. The Morgan fingerprint density at radius 2 is 2.00 bits per heavy atom. The van der Waals surface area contributed by atoms with Crippen molar-refractivity contribution >= 4 is 21.9 Å². The van der Waals surface area contributed by atoms with Crippen LogP contribution in [0.2, 0.25) is 0 Å². The van der Waals surface area contributed by atoms with Crippen molar-refractivity contribution < 1.29 is 43.0 Å². The third-order valence-corrected chi connectivity index (χ3v) is 3.99. The lowest BCUT2D eigenvalue weighted by Crippen LogP contribution is -2.16. The molecule has 27 heavy (non-hydrogen) atoms. The zero-order chi connectivity index (χ0) is 27.4. The van der Waals surface area contributed by atoms with Gasteiger partial charge in [-0.1, -0.05) is 42.3 Å². The molecule has 0 bridgehead atoms. The number of carboxylic acids is 1. The van der Waals surface area contributed by atoms with Crippen molar-refractivity contribution in [1.82, 2.24) is 0 Å². The summed E-state index contributed by atoms with van der Waals surface area (Å²) in [7, 11) is -5.65. The normalized spacial score (nSPS) is 24.7. The summed E-state index contributed by atoms with van der Waals surface area (Å²) >= 11 is 0. The standard InChI is InChI=1S/C18H15NO7S/c19-17-16(26-27(23,24)10-11-4-2-1-3-5-11)14(20)15(25-17)12-6-8-13(9-7-12)18(21)22/h1-9,15H,10,19H2,(H,21,22)/t15-/m0/s1/i1D,2D,3D,4D,5D,10D2,15D/hD. The summed E-state index contributed by atoms with van der Waals surface area (Å²) in [5, 5.41) is 3.80. The number of benzene rings is 2. The number of Topliss-reactive ketones (excluding diaryl/α,β-unsaturated/α-hetero) is 1. The minimum absolute atomic E-state index is 0.116. The molecule has 0 amide bonds. The van der Waals surface area contributed by atoms with E-state index in [0.717, 1.165) is 24.3 Å². The van der Waals surface area contributed by atoms with Crippen LogP contribution >= 0.6 is 0 Å². The molecule has 0 saturated carbocycles. The van der Waals surface area contributed by atoms with Crippen molar-refractivity contribution in [2.45, 2.75) is 11.8 Å². The predicted octanol–water partition coefficient (Wildman–Crippen LogP) is 1.70. The molecule has 2 aromatic rings. The molecule has 1 atom stereocenters. The number of aromatic carboxylic acids is 1. The van der Waals surface area contributed by atoms with Crippen molar-refractivity contribution in [2.75, 3.05) is 0 Å². The highest BCUT2D eigenvalue weighted by Crippen LogP contribution is 2.32. The summed E-state index contributed by atoms with van der Waals surface area (Å²) in [5.41, 5.74) is 0.133. The molecule has 0 unspecified atom stereocenters. The van der Waals surface area contributed by atoms with E-state index in [4.69, 9.17) is 22.9 Å². The number of nitrogens with two attached hydrogens (primary N) is 1. The molecule has 140 valence electrons. The summed E-state index contributed by atoms with van der Waals surface area (Å²) in [5.74, 6) is -4.81. The van der Waals surface area contributed by atoms with Gasteiger partial charge in [-0.05, 0) is 17.7 Å². The van der Waals surface area contributed by atoms with Crippen LogP contribution in [0.4, 0.5) is 0 Å². The predicted molar refractivity (Wildman–Crippen MR) is 93.6 cm³/mol. The number of hydrogen-bond acceptors (Lipinski definition) is 8. The van der Waals surface area contributed by atoms with Gasteiger partial charge >= 0.3 is 16.1 Å². The van der Waals surface area contributed by atoms with Gasteiger partial charge in [0, 0.05) is 5.56 Å². The van der Waals surface area contributed by atoms with Crippen LogP contribution in [0.25, 0.3) is 1.43 Å². The number of ether oxygens (including phenoxy) is 1. The number of rotatable bonds is 6. The molecule has 3 N–H and O–H groups in total. The zero-order valence-electron chi connectivity index (χ0n) is 22.2. The van der Waals surface area contributed by atoms with E-state index in [1.165, 1.54) is 0 Å². The van der Waals surface area contributed by atoms with E-state index in [9.17, 15) is 18.0 Å². The van der Waals surface area contributed by atoms with Crippen LogP contribution in [0.15, 0.2) is 66.1 Å². The van der Waals surface area contributed by atoms with Crippen molar-refractivity contribution in [2.24, 2.45) is 5.73 Å². The molecular weight excluding hydrogens is 374 g/mol. The van der Waals surface area contributed by atoms with E-state index < -0.39 is 81.1 Å². The molecule has 0 aliphatic carbocycles. The Labute approximate surface area is 167 Å². The second-order valence-electron chi connectivity index (χ2n) is 4.96. The highest BCUT2D eigenvalue weighted by atomic mass is 32.2. The molecular formula is C18H15NO7S. The highest BCUT2D eigenvalue weighted by molar-refractivity contribution is 7.86. The number of carboxylic acid groups (broad SMARTS) is 1. The Hall–Kier alpha value is -3.33. The molecule has 2 aromatic carbocycles. The molecule has 0 fully saturated rings. The fraction of sp³-hybridized carbons (Fsp3) is 0.111. The quantitative estimate of drug-likeness (QED) is 0.703. The summed E-state index contributed by atoms with van der Waals surface area (Å²) in [6.07, 6.45) is -2.71. The first-order valence-corrected chi connectivity index (χ1v) is 8.45. The molecule has 3 rings (SSSR count). The smallest absolute Gasteiger partial charge is 0.335 e. The van der Waals surface area contributed by atoms with Crippen LogP contribution in [-0.4, -0.2) is 25.3 Å². The van der Waals surface area contributed by atoms with Crippen molar-refractivity contribution in [3.63, 3.8) is 0 Å². The Morgan fingerprint density at radius 3 is 2.63 bits per heavy atom. The summed E-state index contributed by atoms with van der Waals surface area (Å²) in [6, 6.07) is -0.925. The molecule has 0 saturated heterocycles. The molecule has 0 radical (unpaired) electrons. The minimum Gasteiger partial charge on any atom is -0.478 e. The van der Waals surface area contributed by atoms with Crippen LogP contribution < -0.4 is 5.73 Å². The van der Waals surface area contributed by atoms with Crippen molar-refractivity contribution in [1.29, 1.82) is 1.43 Å². The van der Waals surface area contributed by atoms with Crippen LogP contribution in [0.5, 0.6) is 0 Å². The van der Waals surface area contributed by atoms with E-state index in [1.807, 2.05) is 0 Å². The highest BCUT2D eigenvalue weighted by Gasteiger charge is 2.39. The lowest BCUT2D eigenvalue weighted by Gasteiger charge is -2.10. The molecule has 1 aliphatic rings. The van der Waals surface area contributed by atoms with E-state index in [0.29, 0.717) is 0 Å². The van der Waals surface area contributed by atoms with Gasteiger partial charge in [-0.3, -0.25) is 4.79 Å². The van der Waals surface area contributed by atoms with E-state index in [1.54, 1.807) is 0 Å². The molecule has 8 nitrogen and oxygen atoms in total. The van der Waals surface area contributed by atoms with Crippen molar-refractivity contribution in [3.8, 4) is 0 Å². The second-order valence-corrected chi connectivity index (χ2v) is 6.24. The third kappa shape index (κ3) is 4.09. The van der Waals surface area contributed by atoms with Gasteiger partial charge in [0.1, 0.15) is 5.70 Å².